The maximum atomic E-state index is 14.8. The third-order valence-electron chi connectivity index (χ3n) is 5.39. The molecular formula is C28H29FO4. The first-order valence-corrected chi connectivity index (χ1v) is 10.7. The fourth-order valence-corrected chi connectivity index (χ4v) is 3.63. The van der Waals surface area contributed by atoms with Crippen molar-refractivity contribution in [1.82, 2.24) is 0 Å². The van der Waals surface area contributed by atoms with Crippen LogP contribution in [0.3, 0.4) is 0 Å². The molecule has 0 bridgehead atoms. The van der Waals surface area contributed by atoms with E-state index in [0.717, 1.165) is 22.3 Å². The molecule has 0 atom stereocenters. The van der Waals surface area contributed by atoms with Gasteiger partial charge in [0.15, 0.2) is 0 Å². The molecule has 0 aromatic heterocycles. The fourth-order valence-electron chi connectivity index (χ4n) is 3.63. The highest BCUT2D eigenvalue weighted by Crippen LogP contribution is 2.36. The monoisotopic (exact) mass is 448 g/mol. The van der Waals surface area contributed by atoms with E-state index in [-0.39, 0.29) is 17.7 Å². The predicted octanol–water partition coefficient (Wildman–Crippen LogP) is 6.87. The van der Waals surface area contributed by atoms with Crippen molar-refractivity contribution in [2.75, 3.05) is 7.11 Å². The van der Waals surface area contributed by atoms with Gasteiger partial charge in [-0.1, -0.05) is 51.6 Å². The van der Waals surface area contributed by atoms with Crippen molar-refractivity contribution >= 4 is 11.5 Å². The Balaban J connectivity index is 1.86. The molecule has 0 spiro atoms. The first-order valence-electron chi connectivity index (χ1n) is 10.7. The summed E-state index contributed by atoms with van der Waals surface area (Å²) in [5.41, 5.74) is 4.34. The quantitative estimate of drug-likeness (QED) is 0.409. The Morgan fingerprint density at radius 1 is 0.970 bits per heavy atom. The lowest BCUT2D eigenvalue weighted by Crippen LogP contribution is -2.13. The highest BCUT2D eigenvalue weighted by molar-refractivity contribution is 5.83. The van der Waals surface area contributed by atoms with Gasteiger partial charge in [-0.2, -0.15) is 0 Å². The van der Waals surface area contributed by atoms with Crippen molar-refractivity contribution in [2.45, 2.75) is 39.2 Å². The first kappa shape index (κ1) is 24.1. The number of rotatable bonds is 8. The van der Waals surface area contributed by atoms with Crippen LogP contribution < -0.4 is 9.47 Å². The molecule has 0 radical (unpaired) electrons. The lowest BCUT2D eigenvalue weighted by atomic mass is 9.81. The van der Waals surface area contributed by atoms with Crippen molar-refractivity contribution in [3.8, 4) is 22.6 Å². The molecule has 0 amide bonds. The van der Waals surface area contributed by atoms with E-state index in [9.17, 15) is 9.18 Å². The summed E-state index contributed by atoms with van der Waals surface area (Å²) < 4.78 is 26.0. The van der Waals surface area contributed by atoms with Crippen molar-refractivity contribution < 1.29 is 23.8 Å². The molecule has 0 saturated carbocycles. The van der Waals surface area contributed by atoms with E-state index >= 15 is 0 Å². The number of hydrogen-bond donors (Lipinski definition) is 1. The van der Waals surface area contributed by atoms with Gasteiger partial charge < -0.3 is 14.6 Å². The van der Waals surface area contributed by atoms with Crippen LogP contribution in [0.5, 0.6) is 11.5 Å². The molecule has 0 unspecified atom stereocenters. The Morgan fingerprint density at radius 2 is 1.64 bits per heavy atom. The van der Waals surface area contributed by atoms with Gasteiger partial charge in [-0.25, -0.2) is 4.39 Å². The Labute approximate surface area is 194 Å². The van der Waals surface area contributed by atoms with Crippen LogP contribution in [0.25, 0.3) is 16.7 Å². The van der Waals surface area contributed by atoms with E-state index in [2.05, 4.69) is 27.4 Å². The van der Waals surface area contributed by atoms with Gasteiger partial charge in [0.25, 0.3) is 0 Å². The number of benzene rings is 3. The molecule has 1 N–H and O–H groups in total. The van der Waals surface area contributed by atoms with Gasteiger partial charge in [-0.15, -0.1) is 0 Å². The number of halogens is 1. The Morgan fingerprint density at radius 3 is 2.24 bits per heavy atom. The second-order valence-corrected chi connectivity index (χ2v) is 8.96. The standard InChI is InChI=1S/C28H29FO4/c1-18(14-27(30)31)20-7-9-21(10-8-20)33-17-19-6-12-25(28(2,3)4)23(15-19)24-16-22(32-5)11-13-26(24)29/h6-13,15-16H,1,14,17H2,2-5H3,(H,30,31). The molecule has 0 aliphatic heterocycles. The Hall–Kier alpha value is -3.60. The molecule has 3 aromatic rings. The smallest absolute Gasteiger partial charge is 0.307 e. The summed E-state index contributed by atoms with van der Waals surface area (Å²) in [4.78, 5) is 10.9. The normalized spacial score (nSPS) is 11.2. The molecule has 0 aliphatic rings. The first-order chi connectivity index (χ1) is 15.6. The highest BCUT2D eigenvalue weighted by Gasteiger charge is 2.21. The average molecular weight is 449 g/mol. The maximum Gasteiger partial charge on any atom is 0.307 e. The largest absolute Gasteiger partial charge is 0.497 e. The van der Waals surface area contributed by atoms with E-state index in [1.54, 1.807) is 43.5 Å². The minimum Gasteiger partial charge on any atom is -0.497 e. The molecule has 3 rings (SSSR count). The van der Waals surface area contributed by atoms with Crippen molar-refractivity contribution in [3.05, 3.63) is 89.8 Å². The minimum absolute atomic E-state index is 0.107. The maximum absolute atomic E-state index is 14.8. The number of aliphatic carboxylic acids is 1. The summed E-state index contributed by atoms with van der Waals surface area (Å²) in [6, 6.07) is 17.9. The third-order valence-corrected chi connectivity index (χ3v) is 5.39. The van der Waals surface area contributed by atoms with Crippen LogP contribution in [0.4, 0.5) is 4.39 Å². The van der Waals surface area contributed by atoms with Crippen LogP contribution >= 0.6 is 0 Å². The summed E-state index contributed by atoms with van der Waals surface area (Å²) in [7, 11) is 1.56. The summed E-state index contributed by atoms with van der Waals surface area (Å²) in [6.45, 7) is 10.4. The zero-order chi connectivity index (χ0) is 24.2. The molecule has 5 heteroatoms. The van der Waals surface area contributed by atoms with Crippen LogP contribution in [0.15, 0.2) is 67.2 Å². The summed E-state index contributed by atoms with van der Waals surface area (Å²) in [6.07, 6.45) is -0.107. The molecule has 172 valence electrons. The van der Waals surface area contributed by atoms with Crippen LogP contribution in [-0.4, -0.2) is 18.2 Å². The van der Waals surface area contributed by atoms with Gasteiger partial charge in [0, 0.05) is 5.56 Å². The Kier molecular flexibility index (Phi) is 7.22. The van der Waals surface area contributed by atoms with Crippen LogP contribution in [-0.2, 0) is 16.8 Å². The second kappa shape index (κ2) is 9.90. The highest BCUT2D eigenvalue weighted by atomic mass is 19.1. The third kappa shape index (κ3) is 6.01. The molecule has 0 saturated heterocycles. The van der Waals surface area contributed by atoms with E-state index in [1.807, 2.05) is 18.2 Å². The minimum atomic E-state index is -0.915. The number of carboxylic acid groups (broad SMARTS) is 1. The second-order valence-electron chi connectivity index (χ2n) is 8.96. The lowest BCUT2D eigenvalue weighted by Gasteiger charge is -2.24. The Bertz CT molecular complexity index is 1160. The number of hydrogen-bond acceptors (Lipinski definition) is 3. The average Bonchev–Trinajstić information content (AvgIpc) is 2.77. The zero-order valence-electron chi connectivity index (χ0n) is 19.4. The van der Waals surface area contributed by atoms with Gasteiger partial charge in [-0.3, -0.25) is 4.79 Å². The van der Waals surface area contributed by atoms with Gasteiger partial charge in [0.2, 0.25) is 0 Å². The lowest BCUT2D eigenvalue weighted by molar-refractivity contribution is -0.135. The molecular weight excluding hydrogens is 419 g/mol. The van der Waals surface area contributed by atoms with E-state index < -0.39 is 5.97 Å². The van der Waals surface area contributed by atoms with Crippen molar-refractivity contribution in [3.63, 3.8) is 0 Å². The SMILES string of the molecule is C=C(CC(=O)O)c1ccc(OCc2ccc(C(C)(C)C)c(-c3cc(OC)ccc3F)c2)cc1. The van der Waals surface area contributed by atoms with Crippen LogP contribution in [0.2, 0.25) is 0 Å². The topological polar surface area (TPSA) is 55.8 Å². The van der Waals surface area contributed by atoms with Crippen LogP contribution in [0.1, 0.15) is 43.9 Å². The number of ether oxygens (including phenoxy) is 2. The molecule has 0 heterocycles. The predicted molar refractivity (Wildman–Crippen MR) is 129 cm³/mol. The fraction of sp³-hybridized carbons (Fsp3) is 0.250. The van der Waals surface area contributed by atoms with E-state index in [4.69, 9.17) is 14.6 Å². The van der Waals surface area contributed by atoms with Gasteiger partial charge in [-0.05, 0) is 69.6 Å². The van der Waals surface area contributed by atoms with Gasteiger partial charge >= 0.3 is 5.97 Å². The molecule has 33 heavy (non-hydrogen) atoms. The molecule has 0 aliphatic carbocycles. The molecule has 0 fully saturated rings. The molecule has 4 nitrogen and oxygen atoms in total. The van der Waals surface area contributed by atoms with Crippen LogP contribution in [0, 0.1) is 5.82 Å². The number of carbonyl (C=O) groups is 1. The zero-order valence-corrected chi connectivity index (χ0v) is 19.4. The van der Waals surface area contributed by atoms with E-state index in [0.29, 0.717) is 29.2 Å². The van der Waals surface area contributed by atoms with Gasteiger partial charge in [0.05, 0.1) is 13.5 Å². The number of methoxy groups -OCH3 is 1. The summed E-state index contributed by atoms with van der Waals surface area (Å²) >= 11 is 0. The van der Waals surface area contributed by atoms with Gasteiger partial charge in [0.1, 0.15) is 23.9 Å². The summed E-state index contributed by atoms with van der Waals surface area (Å²) in [5.74, 6) is 0.0206. The molecule has 3 aromatic carbocycles. The van der Waals surface area contributed by atoms with Crippen molar-refractivity contribution in [2.24, 2.45) is 0 Å². The van der Waals surface area contributed by atoms with Crippen molar-refractivity contribution in [1.29, 1.82) is 0 Å². The van der Waals surface area contributed by atoms with E-state index in [1.165, 1.54) is 6.07 Å². The summed E-state index contributed by atoms with van der Waals surface area (Å²) in [5, 5.41) is 8.91. The number of carboxylic acids is 1.